The van der Waals surface area contributed by atoms with Crippen LogP contribution in [0.25, 0.3) is 33.6 Å². The quantitative estimate of drug-likeness (QED) is 0.449. The number of pyridine rings is 1. The number of aromatic hydroxyl groups is 1. The Morgan fingerprint density at radius 2 is 1.42 bits per heavy atom. The van der Waals surface area contributed by atoms with Crippen molar-refractivity contribution in [2.45, 2.75) is 6.42 Å². The zero-order valence-electron chi connectivity index (χ0n) is 14.2. The highest BCUT2D eigenvalue weighted by Gasteiger charge is 2.26. The van der Waals surface area contributed by atoms with Gasteiger partial charge in [0.15, 0.2) is 0 Å². The third-order valence-electron chi connectivity index (χ3n) is 5.01. The molecular formula is C24H17NO. The highest BCUT2D eigenvalue weighted by molar-refractivity contribution is 5.87. The number of phenols is 1. The molecule has 124 valence electrons. The van der Waals surface area contributed by atoms with Gasteiger partial charge in [0, 0.05) is 17.5 Å². The van der Waals surface area contributed by atoms with E-state index < -0.39 is 0 Å². The van der Waals surface area contributed by atoms with Gasteiger partial charge in [-0.3, -0.25) is 0 Å². The summed E-state index contributed by atoms with van der Waals surface area (Å²) in [6, 6.07) is 28.5. The van der Waals surface area contributed by atoms with Gasteiger partial charge in [0.1, 0.15) is 5.75 Å². The molecule has 26 heavy (non-hydrogen) atoms. The summed E-state index contributed by atoms with van der Waals surface area (Å²) in [6.45, 7) is 0. The second-order valence-electron chi connectivity index (χ2n) is 6.60. The molecule has 1 aliphatic carbocycles. The van der Waals surface area contributed by atoms with Crippen LogP contribution in [0, 0.1) is 0 Å². The molecule has 1 heterocycles. The second-order valence-corrected chi connectivity index (χ2v) is 6.60. The minimum atomic E-state index is 0.304. The molecule has 2 heteroatoms. The lowest BCUT2D eigenvalue weighted by atomic mass is 9.96. The third-order valence-corrected chi connectivity index (χ3v) is 5.01. The van der Waals surface area contributed by atoms with Gasteiger partial charge in [-0.2, -0.15) is 0 Å². The van der Waals surface area contributed by atoms with E-state index in [1.807, 2.05) is 30.3 Å². The van der Waals surface area contributed by atoms with E-state index >= 15 is 0 Å². The van der Waals surface area contributed by atoms with Gasteiger partial charge in [-0.25, -0.2) is 4.98 Å². The molecular weight excluding hydrogens is 318 g/mol. The highest BCUT2D eigenvalue weighted by atomic mass is 16.3. The lowest BCUT2D eigenvalue weighted by Crippen LogP contribution is -1.94. The van der Waals surface area contributed by atoms with E-state index in [-0.39, 0.29) is 0 Å². The topological polar surface area (TPSA) is 33.1 Å². The summed E-state index contributed by atoms with van der Waals surface area (Å²) in [6.07, 6.45) is 0.797. The van der Waals surface area contributed by atoms with Crippen LogP contribution in [-0.2, 0) is 6.42 Å². The fourth-order valence-corrected chi connectivity index (χ4v) is 3.79. The SMILES string of the molecule is Oc1cccc2c1-c1nc(-c3ccccc3)cc(-c3ccccc3)c1C2. The molecule has 1 N–H and O–H groups in total. The van der Waals surface area contributed by atoms with Gasteiger partial charge in [0.05, 0.1) is 11.4 Å². The largest absolute Gasteiger partial charge is 0.507 e. The molecule has 3 aromatic carbocycles. The fourth-order valence-electron chi connectivity index (χ4n) is 3.79. The summed E-state index contributed by atoms with van der Waals surface area (Å²) in [4.78, 5) is 4.95. The summed E-state index contributed by atoms with van der Waals surface area (Å²) in [7, 11) is 0. The minimum absolute atomic E-state index is 0.304. The Bertz CT molecular complexity index is 1100. The highest BCUT2D eigenvalue weighted by Crippen LogP contribution is 2.45. The van der Waals surface area contributed by atoms with E-state index in [4.69, 9.17) is 4.98 Å². The van der Waals surface area contributed by atoms with Crippen molar-refractivity contribution in [1.82, 2.24) is 4.98 Å². The summed E-state index contributed by atoms with van der Waals surface area (Å²) < 4.78 is 0. The Kier molecular flexibility index (Phi) is 3.36. The van der Waals surface area contributed by atoms with E-state index in [0.29, 0.717) is 5.75 Å². The first-order chi connectivity index (χ1) is 12.8. The molecule has 4 aromatic rings. The molecule has 5 rings (SSSR count). The average Bonchev–Trinajstić information content (AvgIpc) is 3.08. The monoisotopic (exact) mass is 335 g/mol. The zero-order valence-corrected chi connectivity index (χ0v) is 14.2. The number of benzene rings is 3. The van der Waals surface area contributed by atoms with Gasteiger partial charge < -0.3 is 5.11 Å². The molecule has 0 aliphatic heterocycles. The van der Waals surface area contributed by atoms with Crippen molar-refractivity contribution >= 4 is 0 Å². The first kappa shape index (κ1) is 14.9. The number of aromatic nitrogens is 1. The summed E-state index contributed by atoms with van der Waals surface area (Å²) in [5, 5.41) is 10.5. The van der Waals surface area contributed by atoms with Crippen molar-refractivity contribution in [1.29, 1.82) is 0 Å². The Balaban J connectivity index is 1.82. The van der Waals surface area contributed by atoms with Gasteiger partial charge in [-0.05, 0) is 34.4 Å². The van der Waals surface area contributed by atoms with Crippen LogP contribution in [0.15, 0.2) is 84.9 Å². The summed E-state index contributed by atoms with van der Waals surface area (Å²) in [5.74, 6) is 0.304. The zero-order chi connectivity index (χ0) is 17.5. The van der Waals surface area contributed by atoms with Crippen LogP contribution in [0.4, 0.5) is 0 Å². The molecule has 0 amide bonds. The first-order valence-electron chi connectivity index (χ1n) is 8.77. The van der Waals surface area contributed by atoms with Crippen molar-refractivity contribution in [3.63, 3.8) is 0 Å². The van der Waals surface area contributed by atoms with Crippen molar-refractivity contribution in [3.8, 4) is 39.4 Å². The molecule has 1 aromatic heterocycles. The van der Waals surface area contributed by atoms with Crippen LogP contribution in [0.3, 0.4) is 0 Å². The third kappa shape index (κ3) is 2.31. The normalized spacial score (nSPS) is 11.8. The van der Waals surface area contributed by atoms with Crippen LogP contribution >= 0.6 is 0 Å². The van der Waals surface area contributed by atoms with E-state index in [9.17, 15) is 5.11 Å². The molecule has 0 fully saturated rings. The summed E-state index contributed by atoms with van der Waals surface area (Å²) >= 11 is 0. The number of rotatable bonds is 2. The van der Waals surface area contributed by atoms with Crippen molar-refractivity contribution in [2.24, 2.45) is 0 Å². The van der Waals surface area contributed by atoms with Crippen LogP contribution in [0.2, 0.25) is 0 Å². The second kappa shape index (κ2) is 5.85. The van der Waals surface area contributed by atoms with Crippen LogP contribution in [-0.4, -0.2) is 10.1 Å². The van der Waals surface area contributed by atoms with Gasteiger partial charge in [0.2, 0.25) is 0 Å². The Hall–Kier alpha value is -3.39. The number of hydrogen-bond donors (Lipinski definition) is 1. The molecule has 0 spiro atoms. The van der Waals surface area contributed by atoms with E-state index in [1.54, 1.807) is 6.07 Å². The molecule has 0 saturated carbocycles. The number of phenolic OH excluding ortho intramolecular Hbond substituents is 1. The van der Waals surface area contributed by atoms with Crippen molar-refractivity contribution < 1.29 is 5.11 Å². The standard InChI is InChI=1S/C24H17NO/c26-22-13-7-12-18-14-20-19(16-8-3-1-4-9-16)15-21(25-24(20)23(18)22)17-10-5-2-6-11-17/h1-13,15,26H,14H2. The number of nitrogens with zero attached hydrogens (tertiary/aromatic N) is 1. The lowest BCUT2D eigenvalue weighted by Gasteiger charge is -2.12. The number of fused-ring (bicyclic) bond motifs is 3. The van der Waals surface area contributed by atoms with Gasteiger partial charge in [-0.1, -0.05) is 72.8 Å². The molecule has 0 atom stereocenters. The maximum Gasteiger partial charge on any atom is 0.125 e. The first-order valence-corrected chi connectivity index (χ1v) is 8.77. The Morgan fingerprint density at radius 3 is 2.15 bits per heavy atom. The average molecular weight is 335 g/mol. The molecule has 0 saturated heterocycles. The Morgan fingerprint density at radius 1 is 0.731 bits per heavy atom. The smallest absolute Gasteiger partial charge is 0.125 e. The number of hydrogen-bond acceptors (Lipinski definition) is 2. The van der Waals surface area contributed by atoms with E-state index in [0.717, 1.165) is 34.5 Å². The van der Waals surface area contributed by atoms with Crippen molar-refractivity contribution in [3.05, 3.63) is 96.1 Å². The van der Waals surface area contributed by atoms with E-state index in [1.165, 1.54) is 16.7 Å². The molecule has 2 nitrogen and oxygen atoms in total. The molecule has 0 radical (unpaired) electrons. The fraction of sp³-hybridized carbons (Fsp3) is 0.0417. The van der Waals surface area contributed by atoms with Gasteiger partial charge in [-0.15, -0.1) is 0 Å². The maximum absolute atomic E-state index is 10.5. The maximum atomic E-state index is 10.5. The van der Waals surface area contributed by atoms with E-state index in [2.05, 4.69) is 48.5 Å². The van der Waals surface area contributed by atoms with Crippen LogP contribution in [0.1, 0.15) is 11.1 Å². The molecule has 0 unspecified atom stereocenters. The molecule has 0 bridgehead atoms. The predicted molar refractivity (Wildman–Crippen MR) is 105 cm³/mol. The van der Waals surface area contributed by atoms with Crippen LogP contribution in [0.5, 0.6) is 5.75 Å². The van der Waals surface area contributed by atoms with Gasteiger partial charge in [0.25, 0.3) is 0 Å². The Labute approximate surface area is 152 Å². The minimum Gasteiger partial charge on any atom is -0.507 e. The lowest BCUT2D eigenvalue weighted by molar-refractivity contribution is 0.477. The predicted octanol–water partition coefficient (Wildman–Crippen LogP) is 5.69. The van der Waals surface area contributed by atoms with Gasteiger partial charge >= 0.3 is 0 Å². The summed E-state index contributed by atoms with van der Waals surface area (Å²) in [5.41, 5.74) is 8.47. The van der Waals surface area contributed by atoms with Crippen LogP contribution < -0.4 is 0 Å². The van der Waals surface area contributed by atoms with Crippen molar-refractivity contribution in [2.75, 3.05) is 0 Å². The molecule has 1 aliphatic rings.